The molecule has 0 fully saturated rings. The van der Waals surface area contributed by atoms with Crippen LogP contribution >= 0.6 is 0 Å². The highest BCUT2D eigenvalue weighted by Gasteiger charge is 2.15. The number of hydrogen-bond donors (Lipinski definition) is 0. The molecule has 0 N–H and O–H groups in total. The van der Waals surface area contributed by atoms with Crippen LogP contribution in [0.4, 0.5) is 23.2 Å². The Kier molecular flexibility index (Phi) is 4.96. The number of aromatic nitrogens is 2. The first-order valence-electron chi connectivity index (χ1n) is 8.95. The highest BCUT2D eigenvalue weighted by atomic mass is 19.1. The topological polar surface area (TPSA) is 21.1 Å². The summed E-state index contributed by atoms with van der Waals surface area (Å²) in [5, 5.41) is 5.08. The summed E-state index contributed by atoms with van der Waals surface area (Å²) >= 11 is 0. The van der Waals surface area contributed by atoms with Gasteiger partial charge < -0.3 is 4.90 Å². The zero-order valence-electron chi connectivity index (χ0n) is 15.5. The molecule has 0 radical (unpaired) electrons. The van der Waals surface area contributed by atoms with Crippen molar-refractivity contribution in [2.45, 2.75) is 13.1 Å². The Morgan fingerprint density at radius 3 is 1.93 bits per heavy atom. The Labute approximate surface area is 164 Å². The molecular formula is C22H17F4N3. The maximum absolute atomic E-state index is 14.3. The van der Waals surface area contributed by atoms with Crippen molar-refractivity contribution in [2.75, 3.05) is 4.90 Å². The molecule has 7 heteroatoms. The quantitative estimate of drug-likeness (QED) is 0.423. The van der Waals surface area contributed by atoms with Crippen LogP contribution in [0.25, 0.3) is 10.9 Å². The van der Waals surface area contributed by atoms with E-state index in [1.807, 2.05) is 25.2 Å². The van der Waals surface area contributed by atoms with Gasteiger partial charge in [0.2, 0.25) is 0 Å². The van der Waals surface area contributed by atoms with Crippen molar-refractivity contribution < 1.29 is 17.6 Å². The van der Waals surface area contributed by atoms with E-state index in [1.165, 1.54) is 24.3 Å². The molecule has 0 amide bonds. The van der Waals surface area contributed by atoms with Crippen molar-refractivity contribution in [3.63, 3.8) is 0 Å². The maximum atomic E-state index is 14.3. The first kappa shape index (κ1) is 19.0. The fraction of sp³-hybridized carbons (Fsp3) is 0.136. The molecule has 4 aromatic rings. The molecule has 0 unspecified atom stereocenters. The summed E-state index contributed by atoms with van der Waals surface area (Å²) in [5.41, 5.74) is 2.15. The molecular weight excluding hydrogens is 382 g/mol. The zero-order valence-corrected chi connectivity index (χ0v) is 15.5. The van der Waals surface area contributed by atoms with Gasteiger partial charge in [0.05, 0.1) is 11.7 Å². The van der Waals surface area contributed by atoms with E-state index in [0.29, 0.717) is 5.69 Å². The number of benzene rings is 3. The molecule has 29 heavy (non-hydrogen) atoms. The van der Waals surface area contributed by atoms with Crippen LogP contribution in [-0.2, 0) is 20.1 Å². The average Bonchev–Trinajstić information content (AvgIpc) is 3.05. The lowest BCUT2D eigenvalue weighted by atomic mass is 10.1. The summed E-state index contributed by atoms with van der Waals surface area (Å²) in [6.45, 7) is 0.156. The van der Waals surface area contributed by atoms with Gasteiger partial charge in [0.25, 0.3) is 0 Å². The average molecular weight is 399 g/mol. The van der Waals surface area contributed by atoms with Gasteiger partial charge in [-0.15, -0.1) is 0 Å². The van der Waals surface area contributed by atoms with Crippen molar-refractivity contribution in [2.24, 2.45) is 7.05 Å². The molecule has 0 aliphatic rings. The van der Waals surface area contributed by atoms with Crippen LogP contribution in [0, 0.1) is 23.3 Å². The molecule has 4 rings (SSSR count). The van der Waals surface area contributed by atoms with E-state index in [1.54, 1.807) is 15.8 Å². The lowest BCUT2D eigenvalue weighted by molar-refractivity contribution is 0.561. The molecule has 0 spiro atoms. The number of rotatable bonds is 5. The largest absolute Gasteiger partial charge is 0.363 e. The standard InChI is InChI=1S/C22H17F4N3/c1-28-22-7-6-19(8-16(22)11-27-28)29(12-14-2-4-17(23)9-20(14)25)13-15-3-5-18(24)10-21(15)26/h2-11H,12-13H2,1H3. The Morgan fingerprint density at radius 1 is 0.793 bits per heavy atom. The number of fused-ring (bicyclic) bond motifs is 1. The Bertz CT molecular complexity index is 1130. The molecule has 148 valence electrons. The second kappa shape index (κ2) is 7.58. The summed E-state index contributed by atoms with van der Waals surface area (Å²) in [7, 11) is 1.82. The van der Waals surface area contributed by atoms with Crippen LogP contribution in [0.1, 0.15) is 11.1 Å². The van der Waals surface area contributed by atoms with E-state index in [-0.39, 0.29) is 24.2 Å². The second-order valence-corrected chi connectivity index (χ2v) is 6.84. The molecule has 1 aromatic heterocycles. The third kappa shape index (κ3) is 3.94. The number of hydrogen-bond acceptors (Lipinski definition) is 2. The first-order valence-corrected chi connectivity index (χ1v) is 8.95. The van der Waals surface area contributed by atoms with Crippen LogP contribution < -0.4 is 4.90 Å². The number of halogens is 4. The Balaban J connectivity index is 1.74. The number of aryl methyl sites for hydroxylation is 1. The third-order valence-electron chi connectivity index (χ3n) is 4.85. The fourth-order valence-corrected chi connectivity index (χ4v) is 3.30. The van der Waals surface area contributed by atoms with Gasteiger partial charge in [-0.1, -0.05) is 12.1 Å². The van der Waals surface area contributed by atoms with Crippen LogP contribution in [0.15, 0.2) is 60.8 Å². The lowest BCUT2D eigenvalue weighted by Crippen LogP contribution is -2.23. The summed E-state index contributed by atoms with van der Waals surface area (Å²) in [6.07, 6.45) is 1.70. The van der Waals surface area contributed by atoms with Gasteiger partial charge in [0.1, 0.15) is 23.3 Å². The molecule has 0 atom stereocenters. The monoisotopic (exact) mass is 399 g/mol. The van der Waals surface area contributed by atoms with E-state index < -0.39 is 23.3 Å². The summed E-state index contributed by atoms with van der Waals surface area (Å²) in [4.78, 5) is 1.75. The smallest absolute Gasteiger partial charge is 0.131 e. The molecule has 0 saturated heterocycles. The second-order valence-electron chi connectivity index (χ2n) is 6.84. The third-order valence-corrected chi connectivity index (χ3v) is 4.85. The summed E-state index contributed by atoms with van der Waals surface area (Å²) < 4.78 is 56.8. The SMILES string of the molecule is Cn1ncc2cc(N(Cc3ccc(F)cc3F)Cc3ccc(F)cc3F)ccc21. The Morgan fingerprint density at radius 2 is 1.38 bits per heavy atom. The van der Waals surface area contributed by atoms with E-state index in [4.69, 9.17) is 0 Å². The minimum Gasteiger partial charge on any atom is -0.363 e. The minimum atomic E-state index is -0.683. The Hall–Kier alpha value is -3.35. The predicted molar refractivity (Wildman–Crippen MR) is 103 cm³/mol. The van der Waals surface area contributed by atoms with Gasteiger partial charge in [-0.3, -0.25) is 4.68 Å². The van der Waals surface area contributed by atoms with E-state index in [9.17, 15) is 17.6 Å². The lowest BCUT2D eigenvalue weighted by Gasteiger charge is -2.26. The van der Waals surface area contributed by atoms with Crippen molar-refractivity contribution in [3.05, 3.63) is 95.2 Å². The number of nitrogens with zero attached hydrogens (tertiary/aromatic N) is 3. The van der Waals surface area contributed by atoms with Gasteiger partial charge >= 0.3 is 0 Å². The van der Waals surface area contributed by atoms with Crippen molar-refractivity contribution in [3.8, 4) is 0 Å². The summed E-state index contributed by atoms with van der Waals surface area (Å²) in [6, 6.07) is 12.3. The zero-order chi connectivity index (χ0) is 20.5. The van der Waals surface area contributed by atoms with Crippen LogP contribution in [0.3, 0.4) is 0 Å². The molecule has 3 aromatic carbocycles. The molecule has 3 nitrogen and oxygen atoms in total. The highest BCUT2D eigenvalue weighted by Crippen LogP contribution is 2.26. The number of anilines is 1. The van der Waals surface area contributed by atoms with Crippen LogP contribution in [0.5, 0.6) is 0 Å². The predicted octanol–water partition coefficient (Wildman–Crippen LogP) is 5.34. The van der Waals surface area contributed by atoms with E-state index in [2.05, 4.69) is 5.10 Å². The first-order chi connectivity index (χ1) is 13.9. The maximum Gasteiger partial charge on any atom is 0.131 e. The van der Waals surface area contributed by atoms with E-state index in [0.717, 1.165) is 23.0 Å². The molecule has 0 saturated carbocycles. The van der Waals surface area contributed by atoms with Crippen molar-refractivity contribution in [1.82, 2.24) is 9.78 Å². The minimum absolute atomic E-state index is 0.0781. The fourth-order valence-electron chi connectivity index (χ4n) is 3.30. The molecule has 0 bridgehead atoms. The highest BCUT2D eigenvalue weighted by molar-refractivity contribution is 5.82. The van der Waals surface area contributed by atoms with Gasteiger partial charge in [0, 0.05) is 54.5 Å². The molecule has 1 heterocycles. The van der Waals surface area contributed by atoms with Crippen molar-refractivity contribution >= 4 is 16.6 Å². The van der Waals surface area contributed by atoms with Gasteiger partial charge in [-0.05, 0) is 30.3 Å². The van der Waals surface area contributed by atoms with Crippen LogP contribution in [-0.4, -0.2) is 9.78 Å². The van der Waals surface area contributed by atoms with Gasteiger partial charge in [0.15, 0.2) is 0 Å². The molecule has 0 aliphatic carbocycles. The van der Waals surface area contributed by atoms with Gasteiger partial charge in [-0.2, -0.15) is 5.10 Å². The molecule has 0 aliphatic heterocycles. The van der Waals surface area contributed by atoms with E-state index >= 15 is 0 Å². The van der Waals surface area contributed by atoms with Crippen LogP contribution in [0.2, 0.25) is 0 Å². The normalized spacial score (nSPS) is 11.2. The van der Waals surface area contributed by atoms with Gasteiger partial charge in [-0.25, -0.2) is 17.6 Å². The summed E-state index contributed by atoms with van der Waals surface area (Å²) in [5.74, 6) is -2.70. The van der Waals surface area contributed by atoms with Crippen molar-refractivity contribution in [1.29, 1.82) is 0 Å².